The Balaban J connectivity index is 1.22. The van der Waals surface area contributed by atoms with Gasteiger partial charge in [0.2, 0.25) is 5.89 Å². The number of oxazole rings is 1. The fourth-order valence-corrected chi connectivity index (χ4v) is 12.5. The van der Waals surface area contributed by atoms with Crippen LogP contribution in [0.4, 0.5) is 0 Å². The molecule has 278 valence electrons. The lowest BCUT2D eigenvalue weighted by Crippen LogP contribution is -2.61. The fourth-order valence-electron chi connectivity index (χ4n) is 12.5. The number of hydrogen-bond acceptors (Lipinski definition) is 6. The first kappa shape index (κ1) is 35.2. The lowest BCUT2D eigenvalue weighted by atomic mass is 9.40. The van der Waals surface area contributed by atoms with E-state index in [2.05, 4.69) is 75.0 Å². The zero-order valence-corrected chi connectivity index (χ0v) is 33.0. The topological polar surface area (TPSA) is 97.7 Å². The van der Waals surface area contributed by atoms with Crippen molar-refractivity contribution >= 4 is 27.8 Å². The van der Waals surface area contributed by atoms with Crippen molar-refractivity contribution in [3.05, 3.63) is 100 Å². The van der Waals surface area contributed by atoms with Gasteiger partial charge < -0.3 is 23.9 Å². The number of rotatable bonds is 4. The van der Waals surface area contributed by atoms with Crippen LogP contribution in [0.1, 0.15) is 144 Å². The molecule has 2 saturated carbocycles. The number of nitrogens with zero attached hydrogens (tertiary/aromatic N) is 2. The molecule has 2 aromatic heterocycles. The van der Waals surface area contributed by atoms with Gasteiger partial charge >= 0.3 is 0 Å². The number of aryl methyl sites for hydroxylation is 1. The average Bonchev–Trinajstić information content (AvgIpc) is 3.84. The van der Waals surface area contributed by atoms with E-state index in [9.17, 15) is 15.0 Å². The Morgan fingerprint density at radius 3 is 2.51 bits per heavy atom. The number of aliphatic hydroxyl groups excluding tert-OH is 2. The van der Waals surface area contributed by atoms with Gasteiger partial charge in [0, 0.05) is 33.0 Å². The molecular weight excluding hydrogens is 661 g/mol. The summed E-state index contributed by atoms with van der Waals surface area (Å²) in [5, 5.41) is 25.1. The molecule has 0 bridgehead atoms. The number of hydrogen-bond donors (Lipinski definition) is 2. The maximum atomic E-state index is 14.9. The second kappa shape index (κ2) is 10.8. The molecule has 0 saturated heterocycles. The Morgan fingerprint density at radius 1 is 1.09 bits per heavy atom. The normalized spacial score (nSPS) is 35.7. The molecule has 3 aromatic rings. The summed E-state index contributed by atoms with van der Waals surface area (Å²) in [6.07, 6.45) is 13.2. The molecule has 7 atom stereocenters. The SMILES string of the molecule is C=C(C)[C@H]1C(=O)c2c3c(cc4c5c(n1c24)[C@@]1(C)[C](CC[C@H]2[C@](C)(/C=C/C=C(\C)c4nc(C)co4)[C@@H](O)CC[C@@]21C)C5)C1=CC(C)(C)OC(C)(C)[C]1[C@@H]3O. The summed E-state index contributed by atoms with van der Waals surface area (Å²) in [6.45, 7) is 25.6. The third kappa shape index (κ3) is 4.33. The van der Waals surface area contributed by atoms with E-state index in [1.54, 1.807) is 6.26 Å². The number of allylic oxidation sites excluding steroid dienone is 4. The Morgan fingerprint density at radius 2 is 1.83 bits per heavy atom. The molecular formula is C46H54N2O5. The van der Waals surface area contributed by atoms with E-state index in [4.69, 9.17) is 9.15 Å². The van der Waals surface area contributed by atoms with Crippen LogP contribution in [0.2, 0.25) is 0 Å². The predicted molar refractivity (Wildman–Crippen MR) is 208 cm³/mol. The Labute approximate surface area is 313 Å². The van der Waals surface area contributed by atoms with Crippen molar-refractivity contribution in [3.63, 3.8) is 0 Å². The predicted octanol–water partition coefficient (Wildman–Crippen LogP) is 9.47. The summed E-state index contributed by atoms with van der Waals surface area (Å²) >= 11 is 0. The summed E-state index contributed by atoms with van der Waals surface area (Å²) in [7, 11) is 0. The first-order chi connectivity index (χ1) is 24.8. The van der Waals surface area contributed by atoms with Gasteiger partial charge in [-0.2, -0.15) is 0 Å². The maximum Gasteiger partial charge on any atom is 0.221 e. The van der Waals surface area contributed by atoms with Gasteiger partial charge in [0.05, 0.1) is 46.1 Å². The molecule has 53 heavy (non-hydrogen) atoms. The molecule has 6 aliphatic rings. The summed E-state index contributed by atoms with van der Waals surface area (Å²) in [5.74, 6) is 3.20. The number of aromatic nitrogens is 2. The molecule has 7 heteroatoms. The van der Waals surface area contributed by atoms with Crippen LogP contribution in [0, 0.1) is 35.5 Å². The van der Waals surface area contributed by atoms with Crippen molar-refractivity contribution in [3.8, 4) is 0 Å². The first-order valence-corrected chi connectivity index (χ1v) is 19.5. The highest BCUT2D eigenvalue weighted by atomic mass is 16.5. The van der Waals surface area contributed by atoms with Crippen LogP contribution in [-0.2, 0) is 16.6 Å². The third-order valence-electron chi connectivity index (χ3n) is 14.8. The molecule has 4 aliphatic carbocycles. The highest BCUT2D eigenvalue weighted by molar-refractivity contribution is 6.19. The summed E-state index contributed by atoms with van der Waals surface area (Å²) in [4.78, 5) is 19.4. The number of carbonyl (C=O) groups is 1. The summed E-state index contributed by atoms with van der Waals surface area (Å²) in [5.41, 5.74) is 7.25. The average molecular weight is 715 g/mol. The molecule has 1 aromatic carbocycles. The molecule has 7 nitrogen and oxygen atoms in total. The van der Waals surface area contributed by atoms with Crippen LogP contribution in [0.3, 0.4) is 0 Å². The number of benzene rings is 1. The Bertz CT molecular complexity index is 2240. The zero-order valence-electron chi connectivity index (χ0n) is 33.0. The number of fused-ring (bicyclic) bond motifs is 11. The number of aliphatic hydroxyl groups is 2. The largest absolute Gasteiger partial charge is 0.445 e. The molecule has 0 amide bonds. The number of ether oxygens (including phenoxy) is 1. The number of carbonyl (C=O) groups excluding carboxylic acids is 1. The van der Waals surface area contributed by atoms with Crippen molar-refractivity contribution in [1.29, 1.82) is 0 Å². The van der Waals surface area contributed by atoms with E-state index in [1.165, 1.54) is 17.2 Å². The van der Waals surface area contributed by atoms with E-state index in [0.29, 0.717) is 17.9 Å². The van der Waals surface area contributed by atoms with Crippen LogP contribution in [-0.4, -0.2) is 42.9 Å². The number of ketones is 1. The highest BCUT2D eigenvalue weighted by Gasteiger charge is 2.68. The minimum Gasteiger partial charge on any atom is -0.445 e. The van der Waals surface area contributed by atoms with Crippen LogP contribution >= 0.6 is 0 Å². The standard InChI is InChI=1S/C46H54N2O5/c1-23(2)36-39(51)34-33-27(30-21-42(5,6)53-43(7,8)35(30)38(33)50)20-28-29-19-26-14-15-31-44(9,17-12-13-24(3)41-47-25(4)22-52-41)32(49)16-18-45(31,10)46(26,11)40(29)48(36)37(28)34/h12-13,17,20-22,31-32,36,38,49-50H,1,14-16,18-19H2,2-11H3/b17-12+,24-13+/t31-,32-,36-,38+,44-,45-,46+/m0/s1. The highest BCUT2D eigenvalue weighted by Crippen LogP contribution is 2.72. The van der Waals surface area contributed by atoms with E-state index in [0.717, 1.165) is 76.0 Å². The van der Waals surface area contributed by atoms with Gasteiger partial charge in [-0.1, -0.05) is 51.2 Å². The van der Waals surface area contributed by atoms with Crippen molar-refractivity contribution in [2.75, 3.05) is 0 Å². The van der Waals surface area contributed by atoms with Crippen LogP contribution in [0.15, 0.2) is 53.2 Å². The molecule has 2 N–H and O–H groups in total. The van der Waals surface area contributed by atoms with Gasteiger partial charge in [0.1, 0.15) is 12.3 Å². The quantitative estimate of drug-likeness (QED) is 0.207. The maximum absolute atomic E-state index is 14.9. The van der Waals surface area contributed by atoms with Crippen molar-refractivity contribution in [1.82, 2.24) is 9.55 Å². The Hall–Kier alpha value is -3.52. The van der Waals surface area contributed by atoms with Gasteiger partial charge in [0.15, 0.2) is 5.78 Å². The van der Waals surface area contributed by atoms with Crippen molar-refractivity contribution < 1.29 is 24.2 Å². The molecule has 4 heterocycles. The molecule has 2 aliphatic heterocycles. The van der Waals surface area contributed by atoms with Crippen molar-refractivity contribution in [2.24, 2.45) is 16.7 Å². The van der Waals surface area contributed by atoms with E-state index in [1.807, 2.05) is 40.7 Å². The third-order valence-corrected chi connectivity index (χ3v) is 14.8. The molecule has 2 radical (unpaired) electrons. The van der Waals surface area contributed by atoms with Gasteiger partial charge in [0.25, 0.3) is 0 Å². The summed E-state index contributed by atoms with van der Waals surface area (Å²) < 4.78 is 14.5. The lowest BCUT2D eigenvalue weighted by Gasteiger charge is -2.64. The van der Waals surface area contributed by atoms with E-state index < -0.39 is 34.9 Å². The van der Waals surface area contributed by atoms with Crippen molar-refractivity contribution in [2.45, 2.75) is 136 Å². The van der Waals surface area contributed by atoms with Gasteiger partial charge in [-0.15, -0.1) is 0 Å². The lowest BCUT2D eigenvalue weighted by molar-refractivity contribution is -0.122. The number of Topliss-reactive ketones (excluding diaryl/α,β-unsaturated/α-hetero) is 1. The molecule has 9 rings (SSSR count). The van der Waals surface area contributed by atoms with E-state index in [-0.39, 0.29) is 22.5 Å². The minimum absolute atomic E-state index is 0.0267. The molecule has 0 spiro atoms. The van der Waals surface area contributed by atoms with Crippen LogP contribution < -0.4 is 0 Å². The first-order valence-electron chi connectivity index (χ1n) is 19.5. The second-order valence-electron chi connectivity index (χ2n) is 18.8. The Kier molecular flexibility index (Phi) is 7.19. The van der Waals surface area contributed by atoms with Crippen LogP contribution in [0.25, 0.3) is 22.0 Å². The fraction of sp³-hybridized carbons (Fsp3) is 0.522. The van der Waals surface area contributed by atoms with Gasteiger partial charge in [-0.25, -0.2) is 4.98 Å². The molecule has 0 unspecified atom stereocenters. The zero-order chi connectivity index (χ0) is 37.9. The van der Waals surface area contributed by atoms with Gasteiger partial charge in [-0.3, -0.25) is 4.79 Å². The summed E-state index contributed by atoms with van der Waals surface area (Å²) in [6, 6.07) is 1.75. The second-order valence-corrected chi connectivity index (χ2v) is 18.8. The smallest absolute Gasteiger partial charge is 0.221 e. The van der Waals surface area contributed by atoms with Crippen LogP contribution in [0.5, 0.6) is 0 Å². The minimum atomic E-state index is -0.931. The molecule has 2 fully saturated rings. The monoisotopic (exact) mass is 714 g/mol. The van der Waals surface area contributed by atoms with Gasteiger partial charge in [-0.05, 0) is 127 Å². The van der Waals surface area contributed by atoms with E-state index >= 15 is 0 Å².